The minimum absolute atomic E-state index is 0.570. The average molecular weight is 367 g/mol. The minimum Gasteiger partial charge on any atom is -0.386 e. The fraction of sp³-hybridized carbons (Fsp3) is 0.250. The van der Waals surface area contributed by atoms with Crippen molar-refractivity contribution in [1.29, 1.82) is 0 Å². The van der Waals surface area contributed by atoms with Crippen molar-refractivity contribution in [3.63, 3.8) is 0 Å². The Kier molecular flexibility index (Phi) is 3.75. The summed E-state index contributed by atoms with van der Waals surface area (Å²) < 4.78 is 1.99. The van der Waals surface area contributed by atoms with E-state index in [-0.39, 0.29) is 0 Å². The number of nitrogens with zero attached hydrogens (tertiary/aromatic N) is 4. The predicted octanol–water partition coefficient (Wildman–Crippen LogP) is 4.44. The van der Waals surface area contributed by atoms with Crippen molar-refractivity contribution in [3.05, 3.63) is 58.5 Å². The predicted molar refractivity (Wildman–Crippen MR) is 103 cm³/mol. The maximum atomic E-state index is 10.4. The summed E-state index contributed by atoms with van der Waals surface area (Å²) in [5.41, 5.74) is 4.75. The minimum atomic E-state index is -0.971. The average Bonchev–Trinajstić information content (AvgIpc) is 3.01. The Bertz CT molecular complexity index is 1160. The van der Waals surface area contributed by atoms with E-state index in [1.54, 1.807) is 26.1 Å². The number of pyridine rings is 1. The number of aromatic nitrogens is 4. The van der Waals surface area contributed by atoms with Crippen LogP contribution in [0.3, 0.4) is 0 Å². The first-order valence-corrected chi connectivity index (χ1v) is 8.77. The third kappa shape index (κ3) is 2.64. The molecule has 4 rings (SSSR count). The van der Waals surface area contributed by atoms with Gasteiger partial charge in [-0.15, -0.1) is 0 Å². The summed E-state index contributed by atoms with van der Waals surface area (Å²) in [5.74, 6) is 0.685. The summed E-state index contributed by atoms with van der Waals surface area (Å²) >= 11 is 6.49. The van der Waals surface area contributed by atoms with Crippen molar-refractivity contribution in [2.24, 2.45) is 0 Å². The fourth-order valence-corrected chi connectivity index (χ4v) is 3.32. The van der Waals surface area contributed by atoms with E-state index in [0.29, 0.717) is 10.8 Å². The van der Waals surface area contributed by atoms with Gasteiger partial charge in [0.25, 0.3) is 0 Å². The molecule has 5 nitrogen and oxygen atoms in total. The summed E-state index contributed by atoms with van der Waals surface area (Å²) in [6, 6.07) is 9.41. The molecular weight excluding hydrogens is 348 g/mol. The molecule has 0 saturated heterocycles. The SMILES string of the molecule is Cc1ccc2nc(C)c3cnc(-c4cc(C(C)(C)O)ccc4Cl)n3c2n1. The van der Waals surface area contributed by atoms with Crippen LogP contribution in [0.5, 0.6) is 0 Å². The van der Waals surface area contributed by atoms with Gasteiger partial charge in [-0.1, -0.05) is 17.7 Å². The molecule has 0 spiro atoms. The van der Waals surface area contributed by atoms with E-state index in [4.69, 9.17) is 11.6 Å². The second kappa shape index (κ2) is 5.76. The summed E-state index contributed by atoms with van der Waals surface area (Å²) in [7, 11) is 0. The van der Waals surface area contributed by atoms with Crippen LogP contribution in [0.25, 0.3) is 28.1 Å². The molecule has 0 saturated carbocycles. The van der Waals surface area contributed by atoms with Gasteiger partial charge in [0.2, 0.25) is 0 Å². The molecular formula is C20H19ClN4O. The molecule has 0 aliphatic carbocycles. The number of hydrogen-bond donors (Lipinski definition) is 1. The van der Waals surface area contributed by atoms with Crippen molar-refractivity contribution in [1.82, 2.24) is 19.4 Å². The number of aryl methyl sites for hydroxylation is 2. The highest BCUT2D eigenvalue weighted by Crippen LogP contribution is 2.33. The smallest absolute Gasteiger partial charge is 0.165 e. The van der Waals surface area contributed by atoms with Crippen LogP contribution in [0.1, 0.15) is 30.8 Å². The molecule has 0 bridgehead atoms. The number of aliphatic hydroxyl groups is 1. The van der Waals surface area contributed by atoms with Gasteiger partial charge in [-0.2, -0.15) is 0 Å². The first kappa shape index (κ1) is 16.9. The van der Waals surface area contributed by atoms with Gasteiger partial charge in [-0.3, -0.25) is 4.40 Å². The molecule has 0 amide bonds. The number of rotatable bonds is 2. The molecule has 4 aromatic rings. The van der Waals surface area contributed by atoms with Crippen molar-refractivity contribution in [2.75, 3.05) is 0 Å². The lowest BCUT2D eigenvalue weighted by Gasteiger charge is -2.19. The third-order valence-corrected chi connectivity index (χ3v) is 4.87. The van der Waals surface area contributed by atoms with Crippen LogP contribution in [-0.2, 0) is 5.60 Å². The maximum absolute atomic E-state index is 10.4. The highest BCUT2D eigenvalue weighted by Gasteiger charge is 2.21. The molecule has 0 atom stereocenters. The molecule has 0 aliphatic rings. The normalized spacial score (nSPS) is 12.2. The number of fused-ring (bicyclic) bond motifs is 3. The van der Waals surface area contributed by atoms with Crippen LogP contribution in [0.4, 0.5) is 0 Å². The van der Waals surface area contributed by atoms with E-state index >= 15 is 0 Å². The molecule has 3 aromatic heterocycles. The maximum Gasteiger partial charge on any atom is 0.165 e. The Labute approximate surface area is 156 Å². The van der Waals surface area contributed by atoms with Crippen LogP contribution in [0.15, 0.2) is 36.5 Å². The van der Waals surface area contributed by atoms with Crippen LogP contribution in [-0.4, -0.2) is 24.5 Å². The molecule has 0 radical (unpaired) electrons. The Morgan fingerprint density at radius 2 is 1.85 bits per heavy atom. The second-order valence-electron chi connectivity index (χ2n) is 7.05. The van der Waals surface area contributed by atoms with Gasteiger partial charge < -0.3 is 5.11 Å². The van der Waals surface area contributed by atoms with Crippen molar-refractivity contribution in [3.8, 4) is 11.4 Å². The first-order valence-electron chi connectivity index (χ1n) is 8.40. The van der Waals surface area contributed by atoms with Crippen LogP contribution in [0.2, 0.25) is 5.02 Å². The van der Waals surface area contributed by atoms with E-state index in [0.717, 1.165) is 39.2 Å². The number of halogens is 1. The van der Waals surface area contributed by atoms with E-state index in [2.05, 4.69) is 15.0 Å². The lowest BCUT2D eigenvalue weighted by Crippen LogP contribution is -2.15. The highest BCUT2D eigenvalue weighted by atomic mass is 35.5. The Hall–Kier alpha value is -2.50. The van der Waals surface area contributed by atoms with Gasteiger partial charge in [0.05, 0.1) is 28.0 Å². The van der Waals surface area contributed by atoms with Gasteiger partial charge in [-0.25, -0.2) is 15.0 Å². The Balaban J connectivity index is 2.11. The summed E-state index contributed by atoms with van der Waals surface area (Å²) in [4.78, 5) is 13.9. The lowest BCUT2D eigenvalue weighted by molar-refractivity contribution is 0.0786. The number of hydrogen-bond acceptors (Lipinski definition) is 4. The fourth-order valence-electron chi connectivity index (χ4n) is 3.11. The Morgan fingerprint density at radius 3 is 2.58 bits per heavy atom. The molecule has 132 valence electrons. The highest BCUT2D eigenvalue weighted by molar-refractivity contribution is 6.33. The molecule has 26 heavy (non-hydrogen) atoms. The van der Waals surface area contributed by atoms with Gasteiger partial charge in [-0.05, 0) is 57.5 Å². The van der Waals surface area contributed by atoms with E-state index < -0.39 is 5.60 Å². The molecule has 1 N–H and O–H groups in total. The summed E-state index contributed by atoms with van der Waals surface area (Å²) in [5, 5.41) is 10.9. The zero-order chi connectivity index (χ0) is 18.6. The topological polar surface area (TPSA) is 63.3 Å². The van der Waals surface area contributed by atoms with Crippen LogP contribution >= 0.6 is 11.6 Å². The zero-order valence-electron chi connectivity index (χ0n) is 15.1. The zero-order valence-corrected chi connectivity index (χ0v) is 15.8. The monoisotopic (exact) mass is 366 g/mol. The largest absolute Gasteiger partial charge is 0.386 e. The number of imidazole rings is 1. The van der Waals surface area contributed by atoms with Crippen molar-refractivity contribution in [2.45, 2.75) is 33.3 Å². The summed E-state index contributed by atoms with van der Waals surface area (Å²) in [6.45, 7) is 7.40. The molecule has 3 heterocycles. The molecule has 6 heteroatoms. The Morgan fingerprint density at radius 1 is 1.08 bits per heavy atom. The molecule has 0 fully saturated rings. The van der Waals surface area contributed by atoms with Gasteiger partial charge in [0.15, 0.2) is 5.65 Å². The molecule has 1 aromatic carbocycles. The third-order valence-electron chi connectivity index (χ3n) is 4.54. The van der Waals surface area contributed by atoms with Gasteiger partial charge in [0.1, 0.15) is 11.3 Å². The second-order valence-corrected chi connectivity index (χ2v) is 7.46. The first-order chi connectivity index (χ1) is 12.3. The van der Waals surface area contributed by atoms with E-state index in [9.17, 15) is 5.11 Å². The van der Waals surface area contributed by atoms with E-state index in [1.165, 1.54) is 0 Å². The molecule has 0 unspecified atom stereocenters. The lowest BCUT2D eigenvalue weighted by atomic mass is 9.96. The van der Waals surface area contributed by atoms with E-state index in [1.807, 2.05) is 42.5 Å². The number of benzene rings is 1. The standard InChI is InChI=1S/C20H19ClN4O/c1-11-5-8-16-19(23-11)25-17(12(2)24-16)10-22-18(25)14-9-13(20(3,4)26)6-7-15(14)21/h5-10,26H,1-4H3. The van der Waals surface area contributed by atoms with Crippen LogP contribution in [0, 0.1) is 13.8 Å². The van der Waals surface area contributed by atoms with Crippen molar-refractivity contribution < 1.29 is 5.11 Å². The van der Waals surface area contributed by atoms with Gasteiger partial charge >= 0.3 is 0 Å². The van der Waals surface area contributed by atoms with Gasteiger partial charge in [0, 0.05) is 11.3 Å². The van der Waals surface area contributed by atoms with Crippen LogP contribution < -0.4 is 0 Å². The van der Waals surface area contributed by atoms with Crippen molar-refractivity contribution >= 4 is 28.3 Å². The molecule has 0 aliphatic heterocycles. The quantitative estimate of drug-likeness (QED) is 0.569. The summed E-state index contributed by atoms with van der Waals surface area (Å²) in [6.07, 6.45) is 1.79.